The minimum atomic E-state index is 0.916. The van der Waals surface area contributed by atoms with Crippen LogP contribution < -0.4 is 4.90 Å². The lowest BCUT2D eigenvalue weighted by Crippen LogP contribution is -2.10. The largest absolute Gasteiger partial charge is 0.455 e. The normalized spacial score (nSPS) is 11.6. The van der Waals surface area contributed by atoms with Gasteiger partial charge in [0.1, 0.15) is 11.2 Å². The van der Waals surface area contributed by atoms with Crippen molar-refractivity contribution >= 4 is 71.6 Å². The lowest BCUT2D eigenvalue weighted by atomic mass is 9.99. The van der Waals surface area contributed by atoms with Crippen LogP contribution in [0.5, 0.6) is 0 Å². The highest BCUT2D eigenvalue weighted by molar-refractivity contribution is 6.15. The van der Waals surface area contributed by atoms with E-state index in [9.17, 15) is 0 Å². The molecule has 0 radical (unpaired) electrons. The SMILES string of the molecule is c1ccc(-c2ccc(N(c3ccc(-c4ccc5ccc6c7ccccc7oc6c5c4)cc3)c3ccc4c5ccccc5n(-c5ccccc5)c4c3)cc2)cc1. The highest BCUT2D eigenvalue weighted by atomic mass is 16.3. The molecular weight excluding hydrogens is 669 g/mol. The number of anilines is 3. The van der Waals surface area contributed by atoms with E-state index in [1.807, 2.05) is 12.1 Å². The monoisotopic (exact) mass is 702 g/mol. The van der Waals surface area contributed by atoms with E-state index in [0.29, 0.717) is 0 Å². The number of rotatable bonds is 6. The zero-order valence-electron chi connectivity index (χ0n) is 29.9. The fourth-order valence-corrected chi connectivity index (χ4v) is 8.32. The molecule has 9 aromatic carbocycles. The summed E-state index contributed by atoms with van der Waals surface area (Å²) in [6.07, 6.45) is 0. The van der Waals surface area contributed by atoms with Gasteiger partial charge in [0.2, 0.25) is 0 Å². The predicted octanol–water partition coefficient (Wildman–Crippen LogP) is 14.6. The minimum absolute atomic E-state index is 0.916. The molecule has 0 unspecified atom stereocenters. The van der Waals surface area contributed by atoms with Gasteiger partial charge in [-0.05, 0) is 100 Å². The Kier molecular flexibility index (Phi) is 7.17. The van der Waals surface area contributed by atoms with Crippen molar-refractivity contribution in [2.24, 2.45) is 0 Å². The molecule has 11 aromatic rings. The first kappa shape index (κ1) is 31.2. The van der Waals surface area contributed by atoms with Crippen LogP contribution in [0.1, 0.15) is 0 Å². The van der Waals surface area contributed by atoms with Crippen LogP contribution in [0, 0.1) is 0 Å². The number of nitrogens with zero attached hydrogens (tertiary/aromatic N) is 2. The van der Waals surface area contributed by atoms with E-state index >= 15 is 0 Å². The number of aromatic nitrogens is 1. The van der Waals surface area contributed by atoms with Crippen LogP contribution in [0.3, 0.4) is 0 Å². The van der Waals surface area contributed by atoms with Gasteiger partial charge < -0.3 is 13.9 Å². The Morgan fingerprint density at radius 1 is 0.345 bits per heavy atom. The molecule has 0 fully saturated rings. The third-order valence-electron chi connectivity index (χ3n) is 11.0. The van der Waals surface area contributed by atoms with E-state index in [4.69, 9.17) is 4.42 Å². The molecule has 3 nitrogen and oxygen atoms in total. The Hall–Kier alpha value is -7.36. The summed E-state index contributed by atoms with van der Waals surface area (Å²) < 4.78 is 8.80. The van der Waals surface area contributed by atoms with Gasteiger partial charge in [-0.15, -0.1) is 0 Å². The molecule has 0 saturated carbocycles. The van der Waals surface area contributed by atoms with Gasteiger partial charge in [0.15, 0.2) is 0 Å². The second-order valence-corrected chi connectivity index (χ2v) is 14.2. The van der Waals surface area contributed by atoms with Crippen LogP contribution >= 0.6 is 0 Å². The fraction of sp³-hybridized carbons (Fsp3) is 0. The molecule has 2 aromatic heterocycles. The molecule has 0 aliphatic carbocycles. The van der Waals surface area contributed by atoms with E-state index in [1.165, 1.54) is 38.3 Å². The van der Waals surface area contributed by atoms with E-state index in [2.05, 4.69) is 204 Å². The summed E-state index contributed by atoms with van der Waals surface area (Å²) in [6.45, 7) is 0. The lowest BCUT2D eigenvalue weighted by Gasteiger charge is -2.26. The van der Waals surface area contributed by atoms with Gasteiger partial charge in [0.25, 0.3) is 0 Å². The van der Waals surface area contributed by atoms with Crippen LogP contribution in [0.2, 0.25) is 0 Å². The number of hydrogen-bond donors (Lipinski definition) is 0. The smallest absolute Gasteiger partial charge is 0.143 e. The molecule has 3 heteroatoms. The molecule has 0 aliphatic heterocycles. The predicted molar refractivity (Wildman–Crippen MR) is 231 cm³/mol. The number of benzene rings is 9. The number of para-hydroxylation sites is 3. The van der Waals surface area contributed by atoms with Crippen molar-refractivity contribution in [1.82, 2.24) is 4.57 Å². The first-order valence-corrected chi connectivity index (χ1v) is 18.8. The fourth-order valence-electron chi connectivity index (χ4n) is 8.32. The Morgan fingerprint density at radius 2 is 0.891 bits per heavy atom. The highest BCUT2D eigenvalue weighted by Gasteiger charge is 2.18. The maximum atomic E-state index is 6.42. The lowest BCUT2D eigenvalue weighted by molar-refractivity contribution is 0.672. The molecule has 2 heterocycles. The van der Waals surface area contributed by atoms with Crippen molar-refractivity contribution in [3.8, 4) is 27.9 Å². The van der Waals surface area contributed by atoms with Gasteiger partial charge in [-0.2, -0.15) is 0 Å². The summed E-state index contributed by atoms with van der Waals surface area (Å²) in [6, 6.07) is 74.0. The number of fused-ring (bicyclic) bond motifs is 8. The van der Waals surface area contributed by atoms with Crippen molar-refractivity contribution in [3.63, 3.8) is 0 Å². The second kappa shape index (κ2) is 12.6. The molecule has 0 atom stereocenters. The van der Waals surface area contributed by atoms with E-state index in [0.717, 1.165) is 61.2 Å². The van der Waals surface area contributed by atoms with Crippen LogP contribution in [0.15, 0.2) is 211 Å². The number of furan rings is 1. The zero-order valence-corrected chi connectivity index (χ0v) is 29.9. The highest BCUT2D eigenvalue weighted by Crippen LogP contribution is 2.41. The molecule has 0 amide bonds. The number of hydrogen-bond acceptors (Lipinski definition) is 2. The molecule has 0 saturated heterocycles. The third kappa shape index (κ3) is 5.20. The molecule has 0 bridgehead atoms. The van der Waals surface area contributed by atoms with E-state index < -0.39 is 0 Å². The molecule has 0 spiro atoms. The van der Waals surface area contributed by atoms with Gasteiger partial charge in [-0.3, -0.25) is 0 Å². The third-order valence-corrected chi connectivity index (χ3v) is 11.0. The van der Waals surface area contributed by atoms with Crippen LogP contribution in [-0.4, -0.2) is 4.57 Å². The summed E-state index contributed by atoms with van der Waals surface area (Å²) in [5.41, 5.74) is 13.3. The standard InChI is InChI=1S/C52H34N2O/c1-3-11-35(12-4-1)36-21-26-41(27-22-36)53(43-30-32-45-44-15-7-9-17-49(44)54(50(45)34-43)40-13-5-2-6-14-40)42-28-23-37(24-29-42)39-20-19-38-25-31-47-46-16-8-10-18-51(46)55-52(47)48(38)33-39/h1-34H. The second-order valence-electron chi connectivity index (χ2n) is 14.2. The molecule has 0 N–H and O–H groups in total. The maximum Gasteiger partial charge on any atom is 0.143 e. The minimum Gasteiger partial charge on any atom is -0.455 e. The average Bonchev–Trinajstić information content (AvgIpc) is 3.81. The summed E-state index contributed by atoms with van der Waals surface area (Å²) in [7, 11) is 0. The van der Waals surface area contributed by atoms with Crippen molar-refractivity contribution in [2.45, 2.75) is 0 Å². The summed E-state index contributed by atoms with van der Waals surface area (Å²) in [5, 5.41) is 7.05. The van der Waals surface area contributed by atoms with Gasteiger partial charge in [-0.25, -0.2) is 0 Å². The average molecular weight is 703 g/mol. The maximum absolute atomic E-state index is 6.42. The van der Waals surface area contributed by atoms with Crippen LogP contribution in [-0.2, 0) is 0 Å². The topological polar surface area (TPSA) is 21.3 Å². The Morgan fingerprint density at radius 3 is 1.65 bits per heavy atom. The van der Waals surface area contributed by atoms with Crippen LogP contribution in [0.4, 0.5) is 17.1 Å². The van der Waals surface area contributed by atoms with Crippen molar-refractivity contribution < 1.29 is 4.42 Å². The first-order valence-electron chi connectivity index (χ1n) is 18.8. The Balaban J connectivity index is 1.05. The Labute approximate surface area is 318 Å². The van der Waals surface area contributed by atoms with Crippen molar-refractivity contribution in [1.29, 1.82) is 0 Å². The van der Waals surface area contributed by atoms with Crippen molar-refractivity contribution in [3.05, 3.63) is 206 Å². The molecule has 11 rings (SSSR count). The molecule has 258 valence electrons. The molecular formula is C52H34N2O. The van der Waals surface area contributed by atoms with Gasteiger partial charge >= 0.3 is 0 Å². The molecule has 55 heavy (non-hydrogen) atoms. The van der Waals surface area contributed by atoms with Crippen molar-refractivity contribution in [2.75, 3.05) is 4.90 Å². The van der Waals surface area contributed by atoms with Crippen LogP contribution in [0.25, 0.3) is 82.5 Å². The van der Waals surface area contributed by atoms with Gasteiger partial charge in [0, 0.05) is 49.7 Å². The summed E-state index contributed by atoms with van der Waals surface area (Å²) in [4.78, 5) is 2.36. The van der Waals surface area contributed by atoms with E-state index in [1.54, 1.807) is 0 Å². The molecule has 0 aliphatic rings. The van der Waals surface area contributed by atoms with Gasteiger partial charge in [0.05, 0.1) is 11.0 Å². The zero-order chi connectivity index (χ0) is 36.3. The quantitative estimate of drug-likeness (QED) is 0.172. The van der Waals surface area contributed by atoms with E-state index in [-0.39, 0.29) is 0 Å². The summed E-state index contributed by atoms with van der Waals surface area (Å²) in [5.74, 6) is 0. The Bertz CT molecular complexity index is 3180. The first-order chi connectivity index (χ1) is 27.3. The summed E-state index contributed by atoms with van der Waals surface area (Å²) >= 11 is 0. The van der Waals surface area contributed by atoms with Gasteiger partial charge in [-0.1, -0.05) is 133 Å².